The topological polar surface area (TPSA) is 24.5 Å². The summed E-state index contributed by atoms with van der Waals surface area (Å²) in [5.74, 6) is 0. The zero-order valence-corrected chi connectivity index (χ0v) is 9.59. The lowest BCUT2D eigenvalue weighted by Gasteiger charge is -2.32. The Bertz CT molecular complexity index is 141. The summed E-state index contributed by atoms with van der Waals surface area (Å²) in [4.78, 5) is 2.48. The molecule has 1 fully saturated rings. The van der Waals surface area contributed by atoms with Crippen LogP contribution in [0.15, 0.2) is 0 Å². The molecule has 1 rings (SSSR count). The second-order valence-corrected chi connectivity index (χ2v) is 4.18. The fourth-order valence-corrected chi connectivity index (χ4v) is 2.01. The molecular weight excluding hydrogens is 176 g/mol. The Kier molecular flexibility index (Phi) is 6.15. The fourth-order valence-electron chi connectivity index (χ4n) is 2.01. The van der Waals surface area contributed by atoms with E-state index < -0.39 is 0 Å². The molecule has 14 heavy (non-hydrogen) atoms. The van der Waals surface area contributed by atoms with Gasteiger partial charge in [0.15, 0.2) is 0 Å². The van der Waals surface area contributed by atoms with Gasteiger partial charge in [-0.25, -0.2) is 0 Å². The first kappa shape index (κ1) is 12.0. The molecular formula is C11H24N2O. The van der Waals surface area contributed by atoms with Crippen LogP contribution >= 0.6 is 0 Å². The Morgan fingerprint density at radius 3 is 3.00 bits per heavy atom. The third-order valence-electron chi connectivity index (χ3n) is 3.00. The molecule has 0 aromatic rings. The Morgan fingerprint density at radius 1 is 1.43 bits per heavy atom. The Labute approximate surface area is 87.8 Å². The first-order valence-corrected chi connectivity index (χ1v) is 5.74. The van der Waals surface area contributed by atoms with Gasteiger partial charge in [-0.2, -0.15) is 0 Å². The number of methoxy groups -OCH3 is 1. The van der Waals surface area contributed by atoms with Crippen LogP contribution in [0.1, 0.15) is 25.7 Å². The number of rotatable bonds is 6. The molecule has 0 aliphatic carbocycles. The van der Waals surface area contributed by atoms with Crippen molar-refractivity contribution in [2.24, 2.45) is 0 Å². The SMILES string of the molecule is COCCCNCC1CCCCN1C. The highest BCUT2D eigenvalue weighted by Gasteiger charge is 2.17. The van der Waals surface area contributed by atoms with Crippen LogP contribution in [0.25, 0.3) is 0 Å². The van der Waals surface area contributed by atoms with Crippen LogP contribution in [0.4, 0.5) is 0 Å². The molecule has 0 radical (unpaired) electrons. The number of hydrogen-bond acceptors (Lipinski definition) is 3. The minimum Gasteiger partial charge on any atom is -0.385 e. The van der Waals surface area contributed by atoms with E-state index in [1.54, 1.807) is 7.11 Å². The van der Waals surface area contributed by atoms with Crippen molar-refractivity contribution in [3.63, 3.8) is 0 Å². The van der Waals surface area contributed by atoms with Gasteiger partial charge in [-0.1, -0.05) is 6.42 Å². The summed E-state index contributed by atoms with van der Waals surface area (Å²) in [6.45, 7) is 4.36. The molecule has 84 valence electrons. The lowest BCUT2D eigenvalue weighted by atomic mass is 10.0. The molecule has 1 N–H and O–H groups in total. The minimum absolute atomic E-state index is 0.756. The molecule has 1 saturated heterocycles. The van der Waals surface area contributed by atoms with E-state index in [4.69, 9.17) is 4.74 Å². The lowest BCUT2D eigenvalue weighted by molar-refractivity contribution is 0.175. The Balaban J connectivity index is 1.99. The average Bonchev–Trinajstić information content (AvgIpc) is 2.20. The molecule has 1 aliphatic heterocycles. The van der Waals surface area contributed by atoms with Crippen LogP contribution in [0, 0.1) is 0 Å². The maximum Gasteiger partial charge on any atom is 0.0474 e. The summed E-state index contributed by atoms with van der Waals surface area (Å²) in [6, 6.07) is 0.756. The summed E-state index contributed by atoms with van der Waals surface area (Å²) in [7, 11) is 4.00. The molecule has 1 heterocycles. The molecule has 0 amide bonds. The highest BCUT2D eigenvalue weighted by atomic mass is 16.5. The molecule has 3 heteroatoms. The van der Waals surface area contributed by atoms with Gasteiger partial charge >= 0.3 is 0 Å². The molecule has 0 saturated carbocycles. The first-order chi connectivity index (χ1) is 6.84. The van der Waals surface area contributed by atoms with Gasteiger partial charge in [0.25, 0.3) is 0 Å². The van der Waals surface area contributed by atoms with E-state index in [1.165, 1.54) is 25.8 Å². The van der Waals surface area contributed by atoms with Crippen molar-refractivity contribution >= 4 is 0 Å². The van der Waals surface area contributed by atoms with Crippen LogP contribution in [0.5, 0.6) is 0 Å². The van der Waals surface area contributed by atoms with Crippen molar-refractivity contribution in [1.82, 2.24) is 10.2 Å². The average molecular weight is 200 g/mol. The van der Waals surface area contributed by atoms with Crippen molar-refractivity contribution in [2.75, 3.05) is 40.4 Å². The van der Waals surface area contributed by atoms with E-state index in [0.29, 0.717) is 0 Å². The number of nitrogens with zero attached hydrogens (tertiary/aromatic N) is 1. The number of hydrogen-bond donors (Lipinski definition) is 1. The van der Waals surface area contributed by atoms with Crippen molar-refractivity contribution < 1.29 is 4.74 Å². The molecule has 1 aliphatic rings. The second kappa shape index (κ2) is 7.21. The van der Waals surface area contributed by atoms with Gasteiger partial charge in [0.2, 0.25) is 0 Å². The van der Waals surface area contributed by atoms with Crippen LogP contribution < -0.4 is 5.32 Å². The third kappa shape index (κ3) is 4.40. The van der Waals surface area contributed by atoms with Crippen molar-refractivity contribution in [1.29, 1.82) is 0 Å². The smallest absolute Gasteiger partial charge is 0.0474 e. The van der Waals surface area contributed by atoms with Gasteiger partial charge in [0.1, 0.15) is 0 Å². The summed E-state index contributed by atoms with van der Waals surface area (Å²) >= 11 is 0. The molecule has 1 atom stereocenters. The van der Waals surface area contributed by atoms with Crippen molar-refractivity contribution in [3.8, 4) is 0 Å². The van der Waals surface area contributed by atoms with Gasteiger partial charge < -0.3 is 15.0 Å². The van der Waals surface area contributed by atoms with Crippen LogP contribution in [-0.4, -0.2) is 51.3 Å². The minimum atomic E-state index is 0.756. The molecule has 0 aromatic heterocycles. The Morgan fingerprint density at radius 2 is 2.29 bits per heavy atom. The monoisotopic (exact) mass is 200 g/mol. The van der Waals surface area contributed by atoms with E-state index in [-0.39, 0.29) is 0 Å². The summed E-state index contributed by atoms with van der Waals surface area (Å²) in [5.41, 5.74) is 0. The van der Waals surface area contributed by atoms with Gasteiger partial charge in [0, 0.05) is 26.3 Å². The normalized spacial score (nSPS) is 24.0. The zero-order valence-electron chi connectivity index (χ0n) is 9.59. The van der Waals surface area contributed by atoms with Gasteiger partial charge in [0.05, 0.1) is 0 Å². The van der Waals surface area contributed by atoms with Crippen LogP contribution in [-0.2, 0) is 4.74 Å². The van der Waals surface area contributed by atoms with E-state index in [9.17, 15) is 0 Å². The fraction of sp³-hybridized carbons (Fsp3) is 1.00. The number of piperidine rings is 1. The summed E-state index contributed by atoms with van der Waals surface area (Å²) in [5, 5.41) is 3.50. The molecule has 0 spiro atoms. The van der Waals surface area contributed by atoms with Crippen molar-refractivity contribution in [3.05, 3.63) is 0 Å². The maximum absolute atomic E-state index is 5.00. The predicted molar refractivity (Wildman–Crippen MR) is 59.6 cm³/mol. The van der Waals surface area contributed by atoms with Gasteiger partial charge in [-0.05, 0) is 39.4 Å². The predicted octanol–water partition coefficient (Wildman–Crippen LogP) is 1.10. The van der Waals surface area contributed by atoms with E-state index in [1.807, 2.05) is 0 Å². The quantitative estimate of drug-likeness (QED) is 0.650. The highest BCUT2D eigenvalue weighted by Crippen LogP contribution is 2.13. The standard InChI is InChI=1S/C11H24N2O/c1-13-8-4-3-6-11(13)10-12-7-5-9-14-2/h11-12H,3-10H2,1-2H3. The largest absolute Gasteiger partial charge is 0.385 e. The summed E-state index contributed by atoms with van der Waals surface area (Å²) in [6.07, 6.45) is 5.24. The zero-order chi connectivity index (χ0) is 10.2. The summed E-state index contributed by atoms with van der Waals surface area (Å²) < 4.78 is 5.00. The number of likely N-dealkylation sites (tertiary alicyclic amines) is 1. The molecule has 1 unspecified atom stereocenters. The van der Waals surface area contributed by atoms with Crippen LogP contribution in [0.2, 0.25) is 0 Å². The van der Waals surface area contributed by atoms with Crippen molar-refractivity contribution in [2.45, 2.75) is 31.7 Å². The number of likely N-dealkylation sites (N-methyl/N-ethyl adjacent to an activating group) is 1. The number of ether oxygens (including phenoxy) is 1. The van der Waals surface area contributed by atoms with Gasteiger partial charge in [-0.15, -0.1) is 0 Å². The van der Waals surface area contributed by atoms with E-state index >= 15 is 0 Å². The first-order valence-electron chi connectivity index (χ1n) is 5.74. The molecule has 0 aromatic carbocycles. The van der Waals surface area contributed by atoms with Gasteiger partial charge in [-0.3, -0.25) is 0 Å². The van der Waals surface area contributed by atoms with Crippen LogP contribution in [0.3, 0.4) is 0 Å². The maximum atomic E-state index is 5.00. The third-order valence-corrected chi connectivity index (χ3v) is 3.00. The molecule has 3 nitrogen and oxygen atoms in total. The second-order valence-electron chi connectivity index (χ2n) is 4.18. The lowest BCUT2D eigenvalue weighted by Crippen LogP contribution is -2.43. The van der Waals surface area contributed by atoms with E-state index in [0.717, 1.165) is 32.2 Å². The number of nitrogens with one attached hydrogen (secondary N) is 1. The van der Waals surface area contributed by atoms with E-state index in [2.05, 4.69) is 17.3 Å². The molecule has 0 bridgehead atoms. The highest BCUT2D eigenvalue weighted by molar-refractivity contribution is 4.75. The Hall–Kier alpha value is -0.120.